The monoisotopic (exact) mass is 369 g/mol. The van der Waals surface area contributed by atoms with Gasteiger partial charge in [-0.25, -0.2) is 4.39 Å². The summed E-state index contributed by atoms with van der Waals surface area (Å²) in [5, 5.41) is 11.8. The molecule has 1 aromatic heterocycles. The number of nitrogens with one attached hydrogen (secondary N) is 1. The Balaban J connectivity index is 1.39. The molecule has 0 bridgehead atoms. The lowest BCUT2D eigenvalue weighted by Crippen LogP contribution is -2.47. The summed E-state index contributed by atoms with van der Waals surface area (Å²) < 4.78 is 18.4. The maximum atomic E-state index is 13.1. The molecule has 0 saturated carbocycles. The Morgan fingerprint density at radius 3 is 2.56 bits per heavy atom. The lowest BCUT2D eigenvalue weighted by Gasteiger charge is -2.36. The number of aromatic amines is 1. The predicted octanol–water partition coefficient (Wildman–Crippen LogP) is 3.17. The van der Waals surface area contributed by atoms with Gasteiger partial charge in [-0.05, 0) is 42.5 Å². The summed E-state index contributed by atoms with van der Waals surface area (Å²) >= 11 is 0. The van der Waals surface area contributed by atoms with Crippen LogP contribution in [-0.4, -0.2) is 54.8 Å². The van der Waals surface area contributed by atoms with Crippen LogP contribution in [0.25, 0.3) is 10.9 Å². The third-order valence-electron chi connectivity index (χ3n) is 5.28. The second-order valence-corrected chi connectivity index (χ2v) is 6.94. The number of fused-ring (bicyclic) bond motifs is 1. The maximum Gasteiger partial charge on any atom is 0.123 e. The first-order valence-electron chi connectivity index (χ1n) is 9.20. The summed E-state index contributed by atoms with van der Waals surface area (Å²) in [5.74, 6) is 0.569. The van der Waals surface area contributed by atoms with Gasteiger partial charge in [-0.1, -0.05) is 0 Å². The Labute approximate surface area is 158 Å². The molecule has 6 heteroatoms. The van der Waals surface area contributed by atoms with Gasteiger partial charge in [0, 0.05) is 61.1 Å². The number of aliphatic hydroxyl groups is 1. The Kier molecular flexibility index (Phi) is 5.01. The minimum Gasteiger partial charge on any atom is -0.497 e. The van der Waals surface area contributed by atoms with Crippen LogP contribution in [0, 0.1) is 5.82 Å². The molecule has 27 heavy (non-hydrogen) atoms. The van der Waals surface area contributed by atoms with Crippen LogP contribution < -0.4 is 9.64 Å². The first-order chi connectivity index (χ1) is 13.1. The van der Waals surface area contributed by atoms with E-state index in [1.165, 1.54) is 12.1 Å². The normalized spacial score (nSPS) is 16.6. The smallest absolute Gasteiger partial charge is 0.123 e. The Morgan fingerprint density at radius 1 is 1.11 bits per heavy atom. The minimum absolute atomic E-state index is 0.212. The molecule has 2 aromatic carbocycles. The first kappa shape index (κ1) is 17.8. The Hall–Kier alpha value is -2.57. The quantitative estimate of drug-likeness (QED) is 0.725. The standard InChI is InChI=1S/C21H24FN3O2/c1-27-17-6-7-20-18(12-17)19(13-23-20)21(26)14-24-8-10-25(11-9-24)16-4-2-15(22)3-5-16/h2-7,12-13,21,23,26H,8-11,14H2,1H3. The molecule has 2 N–H and O–H groups in total. The van der Waals surface area contributed by atoms with Gasteiger partial charge in [0.25, 0.3) is 0 Å². The van der Waals surface area contributed by atoms with E-state index < -0.39 is 6.10 Å². The maximum absolute atomic E-state index is 13.1. The van der Waals surface area contributed by atoms with E-state index >= 15 is 0 Å². The average molecular weight is 369 g/mol. The zero-order valence-electron chi connectivity index (χ0n) is 15.4. The Bertz CT molecular complexity index is 901. The molecule has 5 nitrogen and oxygen atoms in total. The molecule has 3 aromatic rings. The molecule has 1 fully saturated rings. The highest BCUT2D eigenvalue weighted by atomic mass is 19.1. The number of methoxy groups -OCH3 is 1. The van der Waals surface area contributed by atoms with Gasteiger partial charge in [0.15, 0.2) is 0 Å². The summed E-state index contributed by atoms with van der Waals surface area (Å²) in [6.07, 6.45) is 1.31. The van der Waals surface area contributed by atoms with Gasteiger partial charge < -0.3 is 19.7 Å². The number of aromatic nitrogens is 1. The molecular weight excluding hydrogens is 345 g/mol. The average Bonchev–Trinajstić information content (AvgIpc) is 3.12. The number of halogens is 1. The molecule has 1 atom stereocenters. The minimum atomic E-state index is -0.566. The Morgan fingerprint density at radius 2 is 1.85 bits per heavy atom. The van der Waals surface area contributed by atoms with E-state index in [1.54, 1.807) is 7.11 Å². The van der Waals surface area contributed by atoms with Crippen molar-refractivity contribution in [3.8, 4) is 5.75 Å². The number of benzene rings is 2. The van der Waals surface area contributed by atoms with Crippen molar-refractivity contribution in [3.05, 3.63) is 60.0 Å². The van der Waals surface area contributed by atoms with Crippen molar-refractivity contribution in [2.24, 2.45) is 0 Å². The van der Waals surface area contributed by atoms with E-state index in [-0.39, 0.29) is 5.82 Å². The third kappa shape index (κ3) is 3.77. The molecule has 1 aliphatic heterocycles. The van der Waals surface area contributed by atoms with Crippen LogP contribution in [-0.2, 0) is 0 Å². The van der Waals surface area contributed by atoms with Gasteiger partial charge >= 0.3 is 0 Å². The zero-order valence-corrected chi connectivity index (χ0v) is 15.4. The van der Waals surface area contributed by atoms with Crippen molar-refractivity contribution in [3.63, 3.8) is 0 Å². The second-order valence-electron chi connectivity index (χ2n) is 6.94. The largest absolute Gasteiger partial charge is 0.497 e. The van der Waals surface area contributed by atoms with Crippen molar-refractivity contribution in [2.45, 2.75) is 6.10 Å². The highest BCUT2D eigenvalue weighted by Gasteiger charge is 2.22. The van der Waals surface area contributed by atoms with Gasteiger partial charge in [-0.15, -0.1) is 0 Å². The van der Waals surface area contributed by atoms with Crippen LogP contribution >= 0.6 is 0 Å². The molecule has 4 rings (SSSR count). The van der Waals surface area contributed by atoms with E-state index in [1.807, 2.05) is 36.5 Å². The number of anilines is 1. The summed E-state index contributed by atoms with van der Waals surface area (Å²) in [4.78, 5) is 7.73. The van der Waals surface area contributed by atoms with E-state index in [0.29, 0.717) is 6.54 Å². The molecule has 2 heterocycles. The molecule has 1 aliphatic rings. The van der Waals surface area contributed by atoms with Gasteiger partial charge in [0.05, 0.1) is 13.2 Å². The van der Waals surface area contributed by atoms with Crippen LogP contribution in [0.1, 0.15) is 11.7 Å². The van der Waals surface area contributed by atoms with E-state index in [4.69, 9.17) is 4.74 Å². The summed E-state index contributed by atoms with van der Waals surface area (Å²) in [6, 6.07) is 12.5. The van der Waals surface area contributed by atoms with Crippen molar-refractivity contribution >= 4 is 16.6 Å². The number of hydrogen-bond donors (Lipinski definition) is 2. The van der Waals surface area contributed by atoms with Crippen LogP contribution in [0.5, 0.6) is 5.75 Å². The fourth-order valence-corrected chi connectivity index (χ4v) is 3.71. The number of piperazine rings is 1. The third-order valence-corrected chi connectivity index (χ3v) is 5.28. The highest BCUT2D eigenvalue weighted by molar-refractivity contribution is 5.85. The zero-order chi connectivity index (χ0) is 18.8. The lowest BCUT2D eigenvalue weighted by molar-refractivity contribution is 0.110. The number of nitrogens with zero attached hydrogens (tertiary/aromatic N) is 2. The van der Waals surface area contributed by atoms with Crippen LogP contribution in [0.15, 0.2) is 48.7 Å². The number of rotatable bonds is 5. The molecule has 0 spiro atoms. The SMILES string of the molecule is COc1ccc2[nH]cc(C(O)CN3CCN(c4ccc(F)cc4)CC3)c2c1. The molecule has 142 valence electrons. The van der Waals surface area contributed by atoms with Crippen molar-refractivity contribution in [1.29, 1.82) is 0 Å². The van der Waals surface area contributed by atoms with Gasteiger partial charge in [0.2, 0.25) is 0 Å². The lowest BCUT2D eigenvalue weighted by atomic mass is 10.1. The van der Waals surface area contributed by atoms with Crippen LogP contribution in [0.2, 0.25) is 0 Å². The summed E-state index contributed by atoms with van der Waals surface area (Å²) in [6.45, 7) is 4.03. The molecule has 0 amide bonds. The van der Waals surface area contributed by atoms with E-state index in [0.717, 1.165) is 54.1 Å². The topological polar surface area (TPSA) is 51.7 Å². The van der Waals surface area contributed by atoms with Crippen molar-refractivity contribution < 1.29 is 14.2 Å². The fourth-order valence-electron chi connectivity index (χ4n) is 3.71. The number of aliphatic hydroxyl groups excluding tert-OH is 1. The number of hydrogen-bond acceptors (Lipinski definition) is 4. The van der Waals surface area contributed by atoms with Gasteiger partial charge in [-0.3, -0.25) is 4.90 Å². The predicted molar refractivity (Wildman–Crippen MR) is 105 cm³/mol. The summed E-state index contributed by atoms with van der Waals surface area (Å²) in [7, 11) is 1.64. The summed E-state index contributed by atoms with van der Waals surface area (Å²) in [5.41, 5.74) is 2.93. The number of ether oxygens (including phenoxy) is 1. The van der Waals surface area contributed by atoms with E-state index in [2.05, 4.69) is 14.8 Å². The first-order valence-corrected chi connectivity index (χ1v) is 9.20. The van der Waals surface area contributed by atoms with Crippen molar-refractivity contribution in [1.82, 2.24) is 9.88 Å². The van der Waals surface area contributed by atoms with Gasteiger partial charge in [0.1, 0.15) is 11.6 Å². The number of H-pyrrole nitrogens is 1. The molecule has 0 aliphatic carbocycles. The van der Waals surface area contributed by atoms with Crippen molar-refractivity contribution in [2.75, 3.05) is 44.7 Å². The van der Waals surface area contributed by atoms with Crippen LogP contribution in [0.4, 0.5) is 10.1 Å². The molecule has 1 saturated heterocycles. The molecule has 1 unspecified atom stereocenters. The fraction of sp³-hybridized carbons (Fsp3) is 0.333. The number of β-amino-alcohol motifs (C(OH)–C–C–N with tert-alkyl or cyclic N) is 1. The molecular formula is C21H24FN3O2. The van der Waals surface area contributed by atoms with Crippen LogP contribution in [0.3, 0.4) is 0 Å². The van der Waals surface area contributed by atoms with E-state index in [9.17, 15) is 9.50 Å². The molecule has 0 radical (unpaired) electrons. The van der Waals surface area contributed by atoms with Gasteiger partial charge in [-0.2, -0.15) is 0 Å². The highest BCUT2D eigenvalue weighted by Crippen LogP contribution is 2.28. The second kappa shape index (κ2) is 7.58.